The van der Waals surface area contributed by atoms with Crippen LogP contribution in [0.25, 0.3) is 0 Å². The van der Waals surface area contributed by atoms with Crippen LogP contribution in [0.4, 0.5) is 8.78 Å². The average molecular weight is 159 g/mol. The molecule has 0 aliphatic heterocycles. The van der Waals surface area contributed by atoms with Crippen LogP contribution in [0, 0.1) is 0 Å². The average Bonchev–Trinajstić information content (AvgIpc) is 1.63. The number of hydrogen-bond donors (Lipinski definition) is 1. The molecule has 0 spiro atoms. The number of aldehydes is 1. The molecule has 1 unspecified atom stereocenters. The normalized spacial score (nSPS) is 13.0. The van der Waals surface area contributed by atoms with Crippen LogP contribution in [-0.2, 0) is 13.9 Å². The lowest BCUT2D eigenvalue weighted by molar-refractivity contribution is -0.176. The highest BCUT2D eigenvalue weighted by atomic mass is 31.1. The third-order valence-corrected chi connectivity index (χ3v) is 0.737. The second-order valence-corrected chi connectivity index (χ2v) is 1.67. The van der Waals surface area contributed by atoms with Gasteiger partial charge in [0, 0.05) is 4.57 Å². The number of hydrogen-bond acceptors (Lipinski definition) is 3. The zero-order valence-corrected chi connectivity index (χ0v) is 4.85. The Morgan fingerprint density at radius 1 is 1.67 bits per heavy atom. The first-order chi connectivity index (χ1) is 3.98. The lowest BCUT2D eigenvalue weighted by Gasteiger charge is -1.94. The highest BCUT2D eigenvalue weighted by Gasteiger charge is 2.40. The van der Waals surface area contributed by atoms with Crippen molar-refractivity contribution in [1.29, 1.82) is 0 Å². The summed E-state index contributed by atoms with van der Waals surface area (Å²) in [6, 6.07) is 0. The van der Waals surface area contributed by atoms with E-state index in [9.17, 15) is 18.1 Å². The van der Waals surface area contributed by atoms with Crippen LogP contribution in [0.2, 0.25) is 0 Å². The molecule has 0 amide bonds. The molecule has 52 valence electrons. The minimum Gasteiger partial charge on any atom is -0.293 e. The van der Waals surface area contributed by atoms with Crippen LogP contribution < -0.4 is 0 Å². The first-order valence-corrected chi connectivity index (χ1v) is 2.80. The van der Waals surface area contributed by atoms with Gasteiger partial charge in [0.1, 0.15) is 0 Å². The molecule has 0 aliphatic carbocycles. The van der Waals surface area contributed by atoms with Crippen molar-refractivity contribution in [3.05, 3.63) is 0 Å². The fraction of sp³-hybridized carbons (Fsp3) is 0.500. The first-order valence-electron chi connectivity index (χ1n) is 1.67. The Hall–Kier alpha value is -0.450. The van der Waals surface area contributed by atoms with Gasteiger partial charge in [0.2, 0.25) is 6.29 Å². The van der Waals surface area contributed by atoms with Crippen molar-refractivity contribution in [3.63, 3.8) is 0 Å². The fourth-order valence-electron chi connectivity index (χ4n) is 0.126. The maximum Gasteiger partial charge on any atom is 0.701 e. The molecular weight excluding hydrogens is 157 g/mol. The molecule has 0 radical (unpaired) electrons. The summed E-state index contributed by atoms with van der Waals surface area (Å²) >= 11 is 0. The largest absolute Gasteiger partial charge is 0.701 e. The monoisotopic (exact) mass is 159 g/mol. The van der Waals surface area contributed by atoms with E-state index in [1.807, 2.05) is 0 Å². The predicted molar refractivity (Wildman–Crippen MR) is 21.9 cm³/mol. The second-order valence-electron chi connectivity index (χ2n) is 1.01. The smallest absolute Gasteiger partial charge is 0.293 e. The molecule has 0 rings (SSSR count). The summed E-state index contributed by atoms with van der Waals surface area (Å²) in [5.74, 6) is 0. The van der Waals surface area contributed by atoms with Gasteiger partial charge in [-0.3, -0.25) is 4.79 Å². The maximum absolute atomic E-state index is 11.5. The van der Waals surface area contributed by atoms with Gasteiger partial charge >= 0.3 is 14.4 Å². The van der Waals surface area contributed by atoms with E-state index in [0.29, 0.717) is 0 Å². The van der Waals surface area contributed by atoms with Crippen molar-refractivity contribution in [2.75, 3.05) is 0 Å². The zero-order chi connectivity index (χ0) is 7.49. The summed E-state index contributed by atoms with van der Waals surface area (Å²) in [6.45, 7) is 0. The molecule has 9 heavy (non-hydrogen) atoms. The molecule has 7 heteroatoms. The summed E-state index contributed by atoms with van der Waals surface area (Å²) in [4.78, 5) is 16.9. The van der Waals surface area contributed by atoms with E-state index in [0.717, 1.165) is 0 Å². The van der Waals surface area contributed by atoms with Gasteiger partial charge in [-0.15, -0.1) is 4.89 Å². The summed E-state index contributed by atoms with van der Waals surface area (Å²) in [5.41, 5.74) is 0. The van der Waals surface area contributed by atoms with E-state index < -0.39 is 20.6 Å². The van der Waals surface area contributed by atoms with E-state index >= 15 is 0 Å². The first kappa shape index (κ1) is 8.55. The minimum atomic E-state index is -4.15. The predicted octanol–water partition coefficient (Wildman–Crippen LogP) is 0.444. The quantitative estimate of drug-likeness (QED) is 0.479. The molecule has 0 fully saturated rings. The van der Waals surface area contributed by atoms with Gasteiger partial charge in [-0.05, 0) is 4.52 Å². The summed E-state index contributed by atoms with van der Waals surface area (Å²) in [7, 11) is -3.43. The molecule has 0 aromatic carbocycles. The van der Waals surface area contributed by atoms with Crippen LogP contribution in [-0.4, -0.2) is 17.3 Å². The molecule has 0 saturated carbocycles. The topological polar surface area (TPSA) is 63.6 Å². The maximum atomic E-state index is 11.5. The third-order valence-electron chi connectivity index (χ3n) is 0.337. The molecule has 0 heterocycles. The minimum absolute atomic E-state index is 0.865. The number of alkyl halides is 2. The van der Waals surface area contributed by atoms with Gasteiger partial charge in [-0.25, -0.2) is 0 Å². The highest BCUT2D eigenvalue weighted by Crippen LogP contribution is 2.26. The number of carbonyl (C=O) groups excluding carboxylic acids is 1. The van der Waals surface area contributed by atoms with Crippen molar-refractivity contribution in [1.82, 2.24) is 0 Å². The van der Waals surface area contributed by atoms with Crippen LogP contribution in [0.3, 0.4) is 0 Å². The van der Waals surface area contributed by atoms with Gasteiger partial charge in [0.15, 0.2) is 0 Å². The molecule has 1 N–H and O–H groups in total. The lowest BCUT2D eigenvalue weighted by atomic mass is 10.7. The highest BCUT2D eigenvalue weighted by molar-refractivity contribution is 7.32. The number of rotatable bonds is 3. The SMILES string of the molecule is O=CC(F)(F)O[P+](=O)O. The van der Waals surface area contributed by atoms with Gasteiger partial charge in [-0.2, -0.15) is 8.78 Å². The van der Waals surface area contributed by atoms with Crippen molar-refractivity contribution < 1.29 is 27.6 Å². The van der Waals surface area contributed by atoms with Crippen molar-refractivity contribution in [2.24, 2.45) is 0 Å². The van der Waals surface area contributed by atoms with Crippen molar-refractivity contribution >= 4 is 14.5 Å². The molecule has 0 aliphatic rings. The summed E-state index contributed by atoms with van der Waals surface area (Å²) in [5, 5.41) is 0. The molecule has 0 aromatic heterocycles. The Kier molecular flexibility index (Phi) is 2.76. The van der Waals surface area contributed by atoms with E-state index in [4.69, 9.17) is 4.89 Å². The van der Waals surface area contributed by atoms with Gasteiger partial charge < -0.3 is 0 Å². The van der Waals surface area contributed by atoms with Gasteiger partial charge in [0.25, 0.3) is 0 Å². The Bertz CT molecular complexity index is 135. The number of carbonyl (C=O) groups is 1. The van der Waals surface area contributed by atoms with E-state index in [2.05, 4.69) is 4.52 Å². The zero-order valence-electron chi connectivity index (χ0n) is 3.95. The lowest BCUT2D eigenvalue weighted by Crippen LogP contribution is -2.18. The molecular formula is C2H2F2O4P+. The van der Waals surface area contributed by atoms with Gasteiger partial charge in [-0.1, -0.05) is 0 Å². The Morgan fingerprint density at radius 3 is 2.22 bits per heavy atom. The Labute approximate surface area is 49.4 Å². The molecule has 0 saturated heterocycles. The number of halogens is 2. The molecule has 0 aromatic rings. The van der Waals surface area contributed by atoms with E-state index in [1.165, 1.54) is 0 Å². The standard InChI is InChI=1S/C2HF2O4P/c3-2(4,1-5)8-9(6)7/h1H/p+1. The molecule has 4 nitrogen and oxygen atoms in total. The molecule has 1 atom stereocenters. The Balaban J connectivity index is 3.86. The second kappa shape index (κ2) is 2.91. The van der Waals surface area contributed by atoms with Crippen LogP contribution in [0.5, 0.6) is 0 Å². The Morgan fingerprint density at radius 2 is 2.11 bits per heavy atom. The fourth-order valence-corrected chi connectivity index (χ4v) is 0.377. The van der Waals surface area contributed by atoms with E-state index in [1.54, 1.807) is 0 Å². The third kappa shape index (κ3) is 4.08. The molecule has 0 bridgehead atoms. The van der Waals surface area contributed by atoms with Crippen LogP contribution in [0.1, 0.15) is 0 Å². The van der Waals surface area contributed by atoms with Gasteiger partial charge in [0.05, 0.1) is 0 Å². The van der Waals surface area contributed by atoms with Crippen molar-refractivity contribution in [2.45, 2.75) is 6.11 Å². The van der Waals surface area contributed by atoms with Crippen LogP contribution in [0.15, 0.2) is 0 Å². The summed E-state index contributed by atoms with van der Waals surface area (Å²) < 4.78 is 35.4. The van der Waals surface area contributed by atoms with Crippen LogP contribution >= 0.6 is 8.25 Å². The van der Waals surface area contributed by atoms with E-state index in [-0.39, 0.29) is 0 Å². The van der Waals surface area contributed by atoms with Crippen molar-refractivity contribution in [3.8, 4) is 0 Å². The summed E-state index contributed by atoms with van der Waals surface area (Å²) in [6.07, 6.45) is -5.02.